The summed E-state index contributed by atoms with van der Waals surface area (Å²) in [5.41, 5.74) is 0.805. The summed E-state index contributed by atoms with van der Waals surface area (Å²) in [5.74, 6) is -0.101. The summed E-state index contributed by atoms with van der Waals surface area (Å²) in [6.07, 6.45) is -0.584. The zero-order chi connectivity index (χ0) is 14.3. The second-order valence-electron chi connectivity index (χ2n) is 4.33. The fourth-order valence-corrected chi connectivity index (χ4v) is 2.19. The van der Waals surface area contributed by atoms with E-state index in [0.29, 0.717) is 6.54 Å². The fraction of sp³-hybridized carbons (Fsp3) is 0.462. The molecule has 0 aliphatic rings. The monoisotopic (exact) mass is 378 g/mol. The number of carbonyl (C=O) groups excluding carboxylic acids is 1. The molecule has 1 amide bonds. The molecule has 106 valence electrons. The van der Waals surface area contributed by atoms with Crippen LogP contribution in [0.15, 0.2) is 24.3 Å². The third-order valence-corrected chi connectivity index (χ3v) is 3.38. The van der Waals surface area contributed by atoms with Crippen molar-refractivity contribution in [3.63, 3.8) is 0 Å². The number of carbonyl (C=O) groups is 1. The second-order valence-corrected chi connectivity index (χ2v) is 5.50. The number of para-hydroxylation sites is 1. The Kier molecular flexibility index (Phi) is 7.29. The number of methoxy groups -OCH3 is 1. The number of nitrogens with zero attached hydrogens (tertiary/aromatic N) is 1. The van der Waals surface area contributed by atoms with Crippen molar-refractivity contribution < 1.29 is 14.6 Å². The quantitative estimate of drug-likeness (QED) is 0.700. The number of likely N-dealkylation sites (N-methyl/N-ethyl adjacent to an activating group) is 1. The van der Waals surface area contributed by atoms with Crippen molar-refractivity contribution in [3.05, 3.63) is 27.8 Å². The molecule has 2 N–H and O–H groups in total. The van der Waals surface area contributed by atoms with Crippen LogP contribution >= 0.6 is 22.6 Å². The molecule has 1 unspecified atom stereocenters. The maximum atomic E-state index is 11.8. The van der Waals surface area contributed by atoms with Crippen LogP contribution in [0.25, 0.3) is 0 Å². The molecular weight excluding hydrogens is 359 g/mol. The average molecular weight is 378 g/mol. The molecule has 6 heteroatoms. The van der Waals surface area contributed by atoms with E-state index < -0.39 is 6.10 Å². The van der Waals surface area contributed by atoms with Gasteiger partial charge in [-0.05, 0) is 41.8 Å². The van der Waals surface area contributed by atoms with E-state index >= 15 is 0 Å². The number of halogens is 1. The summed E-state index contributed by atoms with van der Waals surface area (Å²) in [4.78, 5) is 13.6. The number of rotatable bonds is 7. The van der Waals surface area contributed by atoms with Crippen molar-refractivity contribution in [3.8, 4) is 0 Å². The molecule has 0 fully saturated rings. The molecule has 5 nitrogen and oxygen atoms in total. The summed E-state index contributed by atoms with van der Waals surface area (Å²) >= 11 is 2.17. The summed E-state index contributed by atoms with van der Waals surface area (Å²) < 4.78 is 5.84. The van der Waals surface area contributed by atoms with E-state index in [-0.39, 0.29) is 19.1 Å². The Hall–Kier alpha value is -0.700. The highest BCUT2D eigenvalue weighted by Crippen LogP contribution is 2.16. The van der Waals surface area contributed by atoms with Gasteiger partial charge in [0.05, 0.1) is 24.9 Å². The lowest BCUT2D eigenvalue weighted by Gasteiger charge is -2.19. The maximum absolute atomic E-state index is 11.8. The SMILES string of the molecule is COCC(O)CN(C)CC(=O)Nc1ccccc1I. The van der Waals surface area contributed by atoms with Gasteiger partial charge in [-0.3, -0.25) is 9.69 Å². The lowest BCUT2D eigenvalue weighted by atomic mass is 10.3. The van der Waals surface area contributed by atoms with Gasteiger partial charge in [0.25, 0.3) is 0 Å². The van der Waals surface area contributed by atoms with E-state index in [2.05, 4.69) is 27.9 Å². The van der Waals surface area contributed by atoms with Gasteiger partial charge < -0.3 is 15.2 Å². The second kappa shape index (κ2) is 8.47. The van der Waals surface area contributed by atoms with E-state index in [4.69, 9.17) is 4.74 Å². The van der Waals surface area contributed by atoms with Crippen LogP contribution in [0.4, 0.5) is 5.69 Å². The number of nitrogens with one attached hydrogen (secondary N) is 1. The van der Waals surface area contributed by atoms with Crippen molar-refractivity contribution in [1.29, 1.82) is 0 Å². The molecular formula is C13H19IN2O3. The number of hydrogen-bond donors (Lipinski definition) is 2. The molecule has 0 radical (unpaired) electrons. The van der Waals surface area contributed by atoms with Crippen LogP contribution in [-0.4, -0.2) is 55.9 Å². The first kappa shape index (κ1) is 16.4. The van der Waals surface area contributed by atoms with Gasteiger partial charge >= 0.3 is 0 Å². The third kappa shape index (κ3) is 6.33. The first-order valence-corrected chi connectivity index (χ1v) is 7.00. The number of ether oxygens (including phenoxy) is 1. The lowest BCUT2D eigenvalue weighted by molar-refractivity contribution is -0.117. The number of aliphatic hydroxyl groups is 1. The van der Waals surface area contributed by atoms with Gasteiger partial charge in [0, 0.05) is 17.2 Å². The molecule has 0 bridgehead atoms. The molecule has 0 heterocycles. The van der Waals surface area contributed by atoms with E-state index in [1.54, 1.807) is 11.9 Å². The van der Waals surface area contributed by atoms with Crippen molar-refractivity contribution in [2.45, 2.75) is 6.10 Å². The Morgan fingerprint density at radius 1 is 1.53 bits per heavy atom. The molecule has 0 aromatic heterocycles. The van der Waals surface area contributed by atoms with Gasteiger partial charge in [-0.25, -0.2) is 0 Å². The van der Waals surface area contributed by atoms with Crippen LogP contribution < -0.4 is 5.32 Å². The Morgan fingerprint density at radius 3 is 2.84 bits per heavy atom. The molecule has 0 aliphatic carbocycles. The molecule has 0 aliphatic heterocycles. The normalized spacial score (nSPS) is 12.5. The highest BCUT2D eigenvalue weighted by molar-refractivity contribution is 14.1. The van der Waals surface area contributed by atoms with Gasteiger partial charge in [0.2, 0.25) is 5.91 Å². The highest BCUT2D eigenvalue weighted by Gasteiger charge is 2.12. The largest absolute Gasteiger partial charge is 0.389 e. The summed E-state index contributed by atoms with van der Waals surface area (Å²) in [6.45, 7) is 0.890. The van der Waals surface area contributed by atoms with Gasteiger partial charge in [0.15, 0.2) is 0 Å². The Labute approximate surface area is 127 Å². The molecule has 1 aromatic carbocycles. The number of amides is 1. The minimum absolute atomic E-state index is 0.101. The Balaban J connectivity index is 2.41. The minimum atomic E-state index is -0.584. The fourth-order valence-electron chi connectivity index (χ4n) is 1.67. The molecule has 0 saturated heterocycles. The smallest absolute Gasteiger partial charge is 0.238 e. The third-order valence-electron chi connectivity index (χ3n) is 2.44. The van der Waals surface area contributed by atoms with Crippen molar-refractivity contribution in [1.82, 2.24) is 4.90 Å². The van der Waals surface area contributed by atoms with Gasteiger partial charge in [-0.1, -0.05) is 12.1 Å². The minimum Gasteiger partial charge on any atom is -0.389 e. The zero-order valence-corrected chi connectivity index (χ0v) is 13.3. The number of benzene rings is 1. The van der Waals surface area contributed by atoms with Crippen molar-refractivity contribution >= 4 is 34.2 Å². The molecule has 19 heavy (non-hydrogen) atoms. The van der Waals surface area contributed by atoms with Gasteiger partial charge in [-0.15, -0.1) is 0 Å². The Morgan fingerprint density at radius 2 is 2.21 bits per heavy atom. The summed E-state index contributed by atoms with van der Waals surface area (Å²) in [5, 5.41) is 12.4. The van der Waals surface area contributed by atoms with Crippen molar-refractivity contribution in [2.24, 2.45) is 0 Å². The zero-order valence-electron chi connectivity index (χ0n) is 11.1. The Bertz CT molecular complexity index is 415. The summed E-state index contributed by atoms with van der Waals surface area (Å²) in [6, 6.07) is 7.59. The van der Waals surface area contributed by atoms with E-state index in [0.717, 1.165) is 9.26 Å². The van der Waals surface area contributed by atoms with Crippen molar-refractivity contribution in [2.75, 3.05) is 39.2 Å². The average Bonchev–Trinajstić information content (AvgIpc) is 2.31. The van der Waals surface area contributed by atoms with E-state index in [1.807, 2.05) is 24.3 Å². The standard InChI is InChI=1S/C13H19IN2O3/c1-16(7-10(17)9-19-2)8-13(18)15-12-6-4-3-5-11(12)14/h3-6,10,17H,7-9H2,1-2H3,(H,15,18). The van der Waals surface area contributed by atoms with Crippen LogP contribution in [0.5, 0.6) is 0 Å². The summed E-state index contributed by atoms with van der Waals surface area (Å²) in [7, 11) is 3.32. The molecule has 1 rings (SSSR count). The van der Waals surface area contributed by atoms with Crippen LogP contribution in [0.1, 0.15) is 0 Å². The van der Waals surface area contributed by atoms with E-state index in [9.17, 15) is 9.90 Å². The number of hydrogen-bond acceptors (Lipinski definition) is 4. The van der Waals surface area contributed by atoms with Crippen LogP contribution in [-0.2, 0) is 9.53 Å². The van der Waals surface area contributed by atoms with Gasteiger partial charge in [0.1, 0.15) is 0 Å². The van der Waals surface area contributed by atoms with Gasteiger partial charge in [-0.2, -0.15) is 0 Å². The lowest BCUT2D eigenvalue weighted by Crippen LogP contribution is -2.37. The highest BCUT2D eigenvalue weighted by atomic mass is 127. The van der Waals surface area contributed by atoms with E-state index in [1.165, 1.54) is 7.11 Å². The molecule has 1 atom stereocenters. The predicted octanol–water partition coefficient (Wildman–Crippen LogP) is 1.17. The van der Waals surface area contributed by atoms with Crippen LogP contribution in [0.3, 0.4) is 0 Å². The topological polar surface area (TPSA) is 61.8 Å². The predicted molar refractivity (Wildman–Crippen MR) is 83.2 cm³/mol. The van der Waals surface area contributed by atoms with Crippen LogP contribution in [0.2, 0.25) is 0 Å². The number of anilines is 1. The first-order chi connectivity index (χ1) is 9.02. The first-order valence-electron chi connectivity index (χ1n) is 5.93. The molecule has 0 saturated carbocycles. The number of aliphatic hydroxyl groups excluding tert-OH is 1. The molecule has 0 spiro atoms. The molecule has 1 aromatic rings. The maximum Gasteiger partial charge on any atom is 0.238 e. The van der Waals surface area contributed by atoms with Crippen LogP contribution in [0, 0.1) is 3.57 Å².